The van der Waals surface area contributed by atoms with Gasteiger partial charge in [0.05, 0.1) is 46.3 Å². The van der Waals surface area contributed by atoms with Crippen LogP contribution in [0.1, 0.15) is 26.7 Å². The largest absolute Gasteiger partial charge is 0.480 e. The van der Waals surface area contributed by atoms with E-state index in [1.165, 1.54) is 14.7 Å². The number of rotatable bonds is 12. The van der Waals surface area contributed by atoms with Crippen LogP contribution < -0.4 is 0 Å². The summed E-state index contributed by atoms with van der Waals surface area (Å²) in [5.41, 5.74) is 0. The molecule has 170 valence electrons. The van der Waals surface area contributed by atoms with Gasteiger partial charge in [-0.25, -0.2) is 0 Å². The molecule has 30 heavy (non-hydrogen) atoms. The topological polar surface area (TPSA) is 159 Å². The highest BCUT2D eigenvalue weighted by Gasteiger charge is 2.32. The van der Waals surface area contributed by atoms with Crippen molar-refractivity contribution in [2.75, 3.05) is 46.3 Å². The smallest absolute Gasteiger partial charge is 0.321 e. The van der Waals surface area contributed by atoms with Crippen molar-refractivity contribution in [1.82, 2.24) is 19.6 Å². The third-order valence-electron chi connectivity index (χ3n) is 4.65. The van der Waals surface area contributed by atoms with Gasteiger partial charge in [0, 0.05) is 12.3 Å². The first-order valence-corrected chi connectivity index (χ1v) is 9.57. The van der Waals surface area contributed by atoms with Crippen LogP contribution in [-0.4, -0.2) is 117 Å². The summed E-state index contributed by atoms with van der Waals surface area (Å²) in [5, 5.41) is 28.0. The molecule has 0 spiro atoms. The third kappa shape index (κ3) is 8.95. The number of aldehydes is 1. The first-order chi connectivity index (χ1) is 14.0. The van der Waals surface area contributed by atoms with Crippen LogP contribution in [0.2, 0.25) is 0 Å². The summed E-state index contributed by atoms with van der Waals surface area (Å²) >= 11 is 0. The maximum absolute atomic E-state index is 12.0. The molecule has 3 N–H and O–H groups in total. The number of hydrogen-bond acceptors (Lipinski definition) is 9. The van der Waals surface area contributed by atoms with E-state index in [0.29, 0.717) is 6.29 Å². The second-order valence-electron chi connectivity index (χ2n) is 7.63. The highest BCUT2D eigenvalue weighted by molar-refractivity contribution is 5.81. The van der Waals surface area contributed by atoms with Gasteiger partial charge in [-0.1, -0.05) is 13.8 Å². The van der Waals surface area contributed by atoms with E-state index in [1.54, 1.807) is 18.7 Å². The van der Waals surface area contributed by atoms with Crippen LogP contribution >= 0.6 is 0 Å². The highest BCUT2D eigenvalue weighted by Crippen LogP contribution is 2.15. The second kappa shape index (κ2) is 12.3. The van der Waals surface area contributed by atoms with Gasteiger partial charge in [-0.3, -0.25) is 38.8 Å². The predicted octanol–water partition coefficient (Wildman–Crippen LogP) is -1.14. The van der Waals surface area contributed by atoms with E-state index in [2.05, 4.69) is 0 Å². The Morgan fingerprint density at radius 2 is 1.37 bits per heavy atom. The molecule has 1 aliphatic heterocycles. The van der Waals surface area contributed by atoms with Crippen molar-refractivity contribution in [3.63, 3.8) is 0 Å². The van der Waals surface area contributed by atoms with Gasteiger partial charge in [-0.15, -0.1) is 0 Å². The van der Waals surface area contributed by atoms with Crippen molar-refractivity contribution >= 4 is 30.0 Å². The van der Waals surface area contributed by atoms with E-state index >= 15 is 0 Å². The lowest BCUT2D eigenvalue weighted by molar-refractivity contribution is -0.150. The molecule has 0 bridgehead atoms. The average Bonchev–Trinajstić information content (AvgIpc) is 2.58. The number of carboxylic acid groups (broad SMARTS) is 3. The van der Waals surface area contributed by atoms with Crippen LogP contribution in [0.4, 0.5) is 0 Å². The molecule has 1 rings (SSSR count). The third-order valence-corrected chi connectivity index (χ3v) is 4.65. The molecule has 0 amide bonds. The number of hydrogen-bond donors (Lipinski definition) is 3. The summed E-state index contributed by atoms with van der Waals surface area (Å²) in [6, 6.07) is -1.07. The van der Waals surface area contributed by atoms with Gasteiger partial charge >= 0.3 is 17.9 Å². The van der Waals surface area contributed by atoms with E-state index in [0.717, 1.165) is 0 Å². The Labute approximate surface area is 174 Å². The summed E-state index contributed by atoms with van der Waals surface area (Å²) in [6.45, 7) is 2.54. The summed E-state index contributed by atoms with van der Waals surface area (Å²) in [5.74, 6) is -3.71. The van der Waals surface area contributed by atoms with Crippen molar-refractivity contribution in [3.05, 3.63) is 0 Å². The monoisotopic (exact) mass is 430 g/mol. The molecule has 0 aromatic carbocycles. The molecule has 1 unspecified atom stereocenters. The van der Waals surface area contributed by atoms with Gasteiger partial charge in [0.15, 0.2) is 0 Å². The fraction of sp³-hybridized carbons (Fsp3) is 0.722. The van der Waals surface area contributed by atoms with Crippen LogP contribution in [0.25, 0.3) is 0 Å². The average molecular weight is 430 g/mol. The van der Waals surface area contributed by atoms with Crippen LogP contribution in [0, 0.1) is 5.92 Å². The number of aliphatic carboxylic acids is 3. The Morgan fingerprint density at radius 1 is 0.867 bits per heavy atom. The van der Waals surface area contributed by atoms with Crippen molar-refractivity contribution in [2.45, 2.75) is 32.7 Å². The Balaban J connectivity index is 3.10. The molecule has 0 aliphatic carbocycles. The lowest BCUT2D eigenvalue weighted by atomic mass is 10.0. The molecular formula is C18H30N4O8. The van der Waals surface area contributed by atoms with Crippen molar-refractivity contribution in [1.29, 1.82) is 0 Å². The standard InChI is InChI=1S/C18H30N4O8/c1-13(2)15(24)4-3-14(18(29)30)22-11-19(5-6-23)9-20(7-16(25)26)10-21(12-22)8-17(27)28/h6,13-14H,3-5,7-12H2,1-2H3,(H,25,26)(H,27,28)(H,29,30). The fourth-order valence-corrected chi connectivity index (χ4v) is 3.29. The van der Waals surface area contributed by atoms with Gasteiger partial charge in [0.2, 0.25) is 0 Å². The molecule has 0 aromatic heterocycles. The van der Waals surface area contributed by atoms with Crippen LogP contribution in [-0.2, 0) is 24.0 Å². The Bertz CT molecular complexity index is 642. The zero-order valence-corrected chi connectivity index (χ0v) is 17.3. The summed E-state index contributed by atoms with van der Waals surface area (Å²) in [7, 11) is 0. The highest BCUT2D eigenvalue weighted by atomic mass is 16.4. The summed E-state index contributed by atoms with van der Waals surface area (Å²) < 4.78 is 0. The maximum atomic E-state index is 12.0. The molecule has 1 atom stereocenters. The van der Waals surface area contributed by atoms with Gasteiger partial charge < -0.3 is 20.1 Å². The zero-order valence-electron chi connectivity index (χ0n) is 17.3. The van der Waals surface area contributed by atoms with Gasteiger partial charge in [-0.05, 0) is 6.42 Å². The van der Waals surface area contributed by atoms with Crippen molar-refractivity contribution in [3.8, 4) is 0 Å². The Hall–Kier alpha value is -2.41. The Morgan fingerprint density at radius 3 is 1.83 bits per heavy atom. The SMILES string of the molecule is CC(C)C(=O)CCC(C(=O)O)N1CN(CC=O)CN(CC(=O)O)CN(CC(=O)O)C1. The number of ketones is 1. The second-order valence-corrected chi connectivity index (χ2v) is 7.63. The molecule has 1 saturated heterocycles. The van der Waals surface area contributed by atoms with E-state index in [9.17, 15) is 34.2 Å². The molecule has 12 heteroatoms. The van der Waals surface area contributed by atoms with Gasteiger partial charge in [0.25, 0.3) is 0 Å². The van der Waals surface area contributed by atoms with Crippen LogP contribution in [0.5, 0.6) is 0 Å². The quantitative estimate of drug-likeness (QED) is 0.320. The Kier molecular flexibility index (Phi) is 10.5. The van der Waals surface area contributed by atoms with Crippen LogP contribution in [0.3, 0.4) is 0 Å². The molecule has 1 heterocycles. The lowest BCUT2D eigenvalue weighted by Gasteiger charge is -2.42. The van der Waals surface area contributed by atoms with Gasteiger partial charge in [0.1, 0.15) is 18.1 Å². The van der Waals surface area contributed by atoms with E-state index in [-0.39, 0.29) is 64.3 Å². The molecule has 0 saturated carbocycles. The number of carbonyl (C=O) groups is 5. The molecule has 1 fully saturated rings. The first kappa shape index (κ1) is 25.6. The summed E-state index contributed by atoms with van der Waals surface area (Å²) in [4.78, 5) is 63.3. The lowest BCUT2D eigenvalue weighted by Crippen LogP contribution is -2.59. The maximum Gasteiger partial charge on any atom is 0.321 e. The number of nitrogens with zero attached hydrogens (tertiary/aromatic N) is 4. The van der Waals surface area contributed by atoms with E-state index in [1.807, 2.05) is 0 Å². The number of carbonyl (C=O) groups excluding carboxylic acids is 2. The molecular weight excluding hydrogens is 400 g/mol. The van der Waals surface area contributed by atoms with E-state index in [4.69, 9.17) is 5.11 Å². The first-order valence-electron chi connectivity index (χ1n) is 9.57. The molecule has 0 radical (unpaired) electrons. The normalized spacial score (nSPS) is 18.5. The molecule has 12 nitrogen and oxygen atoms in total. The number of carboxylic acids is 3. The summed E-state index contributed by atoms with van der Waals surface area (Å²) in [6.07, 6.45) is 0.732. The van der Waals surface area contributed by atoms with Gasteiger partial charge in [-0.2, -0.15) is 0 Å². The van der Waals surface area contributed by atoms with Crippen molar-refractivity contribution < 1.29 is 39.3 Å². The van der Waals surface area contributed by atoms with Crippen LogP contribution in [0.15, 0.2) is 0 Å². The minimum absolute atomic E-state index is 0.00217. The minimum Gasteiger partial charge on any atom is -0.480 e. The molecule has 1 aliphatic rings. The fourth-order valence-electron chi connectivity index (χ4n) is 3.29. The predicted molar refractivity (Wildman–Crippen MR) is 103 cm³/mol. The zero-order chi connectivity index (χ0) is 22.8. The minimum atomic E-state index is -1.16. The molecule has 0 aromatic rings. The van der Waals surface area contributed by atoms with Crippen molar-refractivity contribution in [2.24, 2.45) is 5.92 Å². The van der Waals surface area contributed by atoms with E-state index < -0.39 is 30.5 Å². The number of Topliss-reactive ketones (excluding diaryl/α,β-unsaturated/α-hetero) is 1.